The van der Waals surface area contributed by atoms with Gasteiger partial charge in [0.05, 0.1) is 24.1 Å². The van der Waals surface area contributed by atoms with Crippen molar-refractivity contribution in [1.29, 1.82) is 0 Å². The van der Waals surface area contributed by atoms with Crippen LogP contribution in [-0.2, 0) is 14.3 Å². The number of ether oxygens (including phenoxy) is 4. The van der Waals surface area contributed by atoms with Crippen LogP contribution in [0.1, 0.15) is 90.5 Å². The molecule has 0 spiro atoms. The van der Waals surface area contributed by atoms with E-state index in [1.807, 2.05) is 70.2 Å². The molecule has 2 N–H and O–H groups in total. The zero-order valence-electron chi connectivity index (χ0n) is 35.7. The van der Waals surface area contributed by atoms with Crippen LogP contribution < -0.4 is 9.47 Å². The van der Waals surface area contributed by atoms with Gasteiger partial charge in [0.25, 0.3) is 0 Å². The number of benzene rings is 3. The third kappa shape index (κ3) is 10.4. The van der Waals surface area contributed by atoms with Crippen molar-refractivity contribution in [2.45, 2.75) is 102 Å². The Morgan fingerprint density at radius 1 is 0.983 bits per heavy atom. The van der Waals surface area contributed by atoms with E-state index >= 15 is 0 Å². The zero-order valence-corrected chi connectivity index (χ0v) is 36.4. The van der Waals surface area contributed by atoms with E-state index in [1.54, 1.807) is 11.0 Å². The number of unbranched alkanes of at least 4 members (excludes halogenated alkanes) is 2. The molecule has 6 unspecified atom stereocenters. The molecule has 10 nitrogen and oxygen atoms in total. The van der Waals surface area contributed by atoms with Gasteiger partial charge >= 0.3 is 6.09 Å². The third-order valence-electron chi connectivity index (χ3n) is 11.6. The highest BCUT2D eigenvalue weighted by Gasteiger charge is 2.65. The number of hydrogen-bond donors (Lipinski definition) is 2. The molecule has 1 heterocycles. The standard InChI is InChI=1S/C49H63ClN2O8/c1-6-26-52(47(55)56-30-25-50)44-33-42(51-60-48(3,4)5)40-31-36(17-11-13-27-53)39(18-12-14-28-54)45-41-32-38(23-24-43(41)59-49(44,46(40)45)57-29-7-2)58-37-21-19-35(20-22-37)34-15-9-8-10-16-34/h7-10,15-16,19-24,31-32,36,39,44-46,53-54H,2,6,11-14,17-18,25-30,33H2,1,3-5H3. The van der Waals surface area contributed by atoms with Gasteiger partial charge in [-0.15, -0.1) is 18.2 Å². The average molecular weight is 844 g/mol. The number of alkyl halides is 1. The summed E-state index contributed by atoms with van der Waals surface area (Å²) < 4.78 is 26.7. The molecule has 1 aliphatic heterocycles. The molecule has 3 aromatic rings. The zero-order chi connectivity index (χ0) is 42.7. The van der Waals surface area contributed by atoms with E-state index in [-0.39, 0.29) is 56.5 Å². The van der Waals surface area contributed by atoms with Crippen molar-refractivity contribution in [3.05, 3.63) is 103 Å². The monoisotopic (exact) mass is 842 g/mol. The molecule has 0 saturated heterocycles. The second-order valence-electron chi connectivity index (χ2n) is 17.0. The second-order valence-corrected chi connectivity index (χ2v) is 17.3. The fourth-order valence-corrected chi connectivity index (χ4v) is 9.29. The largest absolute Gasteiger partial charge is 0.459 e. The lowest BCUT2D eigenvalue weighted by atomic mass is 9.55. The number of aliphatic hydroxyl groups is 2. The van der Waals surface area contributed by atoms with Crippen LogP contribution in [0.15, 0.2) is 102 Å². The van der Waals surface area contributed by atoms with E-state index in [0.717, 1.165) is 53.7 Å². The molecule has 1 fully saturated rings. The SMILES string of the molecule is C=CCOC12Oc3ccc(Oc4ccc(-c5ccccc5)cc4)cc3C3C(CCCCO)C(CCCCO)C=C(C(=NOC(C)(C)C)CC1N(CCC)C(=O)OCCCl)C32. The van der Waals surface area contributed by atoms with Crippen LogP contribution in [0.5, 0.6) is 17.2 Å². The molecule has 0 aromatic heterocycles. The summed E-state index contributed by atoms with van der Waals surface area (Å²) in [4.78, 5) is 22.1. The van der Waals surface area contributed by atoms with E-state index in [4.69, 9.17) is 40.5 Å². The summed E-state index contributed by atoms with van der Waals surface area (Å²) in [7, 11) is 0. The lowest BCUT2D eigenvalue weighted by Crippen LogP contribution is -2.70. The number of hydrogen-bond acceptors (Lipinski definition) is 9. The molecule has 6 atom stereocenters. The van der Waals surface area contributed by atoms with Crippen molar-refractivity contribution >= 4 is 23.4 Å². The van der Waals surface area contributed by atoms with Crippen molar-refractivity contribution in [2.75, 3.05) is 38.9 Å². The van der Waals surface area contributed by atoms with Crippen molar-refractivity contribution in [3.8, 4) is 28.4 Å². The molecule has 3 aromatic carbocycles. The number of aliphatic hydroxyl groups excluding tert-OH is 2. The molecule has 3 aliphatic rings. The second kappa shape index (κ2) is 21.0. The molecular weight excluding hydrogens is 780 g/mol. The Bertz CT molecular complexity index is 1930. The topological polar surface area (TPSA) is 119 Å². The van der Waals surface area contributed by atoms with Crippen LogP contribution in [0.3, 0.4) is 0 Å². The normalized spacial score (nSPS) is 23.8. The number of carbonyl (C=O) groups excluding carboxylic acids is 1. The summed E-state index contributed by atoms with van der Waals surface area (Å²) in [5, 5.41) is 24.7. The number of carbonyl (C=O) groups is 1. The molecule has 11 heteroatoms. The van der Waals surface area contributed by atoms with Crippen LogP contribution >= 0.6 is 11.6 Å². The molecule has 2 aliphatic carbocycles. The van der Waals surface area contributed by atoms with Crippen LogP contribution in [-0.4, -0.2) is 83.2 Å². The van der Waals surface area contributed by atoms with Gasteiger partial charge < -0.3 is 34.0 Å². The highest BCUT2D eigenvalue weighted by molar-refractivity contribution is 6.18. The summed E-state index contributed by atoms with van der Waals surface area (Å²) in [6, 6.07) is 23.6. The first-order valence-electron chi connectivity index (χ1n) is 21.7. The van der Waals surface area contributed by atoms with E-state index in [1.165, 1.54) is 0 Å². The number of oxime groups is 1. The van der Waals surface area contributed by atoms with Gasteiger partial charge in [-0.1, -0.05) is 79.5 Å². The Labute approximate surface area is 361 Å². The number of allylic oxidation sites excluding steroid dienone is 1. The molecule has 60 heavy (non-hydrogen) atoms. The van der Waals surface area contributed by atoms with Crippen molar-refractivity contribution in [3.63, 3.8) is 0 Å². The minimum Gasteiger partial charge on any atom is -0.459 e. The number of fused-ring (bicyclic) bond motifs is 2. The predicted molar refractivity (Wildman–Crippen MR) is 237 cm³/mol. The lowest BCUT2D eigenvalue weighted by Gasteiger charge is -2.60. The van der Waals surface area contributed by atoms with Crippen molar-refractivity contribution < 1.29 is 38.8 Å². The molecular formula is C49H63ClN2O8. The maximum Gasteiger partial charge on any atom is 0.410 e. The van der Waals surface area contributed by atoms with E-state index in [2.05, 4.69) is 43.0 Å². The Kier molecular flexibility index (Phi) is 15.8. The summed E-state index contributed by atoms with van der Waals surface area (Å²) in [5.74, 6) is 0.345. The number of halogens is 1. The molecule has 0 bridgehead atoms. The smallest absolute Gasteiger partial charge is 0.410 e. The highest BCUT2D eigenvalue weighted by Crippen LogP contribution is 2.62. The van der Waals surface area contributed by atoms with Gasteiger partial charge in [-0.25, -0.2) is 4.79 Å². The maximum atomic E-state index is 14.1. The summed E-state index contributed by atoms with van der Waals surface area (Å²) in [5.41, 5.74) is 4.32. The van der Waals surface area contributed by atoms with Crippen molar-refractivity contribution in [1.82, 2.24) is 4.90 Å². The Morgan fingerprint density at radius 3 is 2.35 bits per heavy atom. The van der Waals surface area contributed by atoms with Crippen LogP contribution in [0, 0.1) is 17.8 Å². The molecule has 324 valence electrons. The van der Waals surface area contributed by atoms with Crippen LogP contribution in [0.2, 0.25) is 0 Å². The van der Waals surface area contributed by atoms with Crippen LogP contribution in [0.25, 0.3) is 11.1 Å². The number of rotatable bonds is 20. The molecule has 1 saturated carbocycles. The predicted octanol–water partition coefficient (Wildman–Crippen LogP) is 10.7. The first-order valence-corrected chi connectivity index (χ1v) is 22.2. The van der Waals surface area contributed by atoms with Crippen molar-refractivity contribution in [2.24, 2.45) is 22.9 Å². The quantitative estimate of drug-likeness (QED) is 0.0500. The first-order chi connectivity index (χ1) is 29.1. The van der Waals surface area contributed by atoms with Gasteiger partial charge in [0.2, 0.25) is 5.79 Å². The maximum absolute atomic E-state index is 14.1. The van der Waals surface area contributed by atoms with Gasteiger partial charge in [0.15, 0.2) is 0 Å². The lowest BCUT2D eigenvalue weighted by molar-refractivity contribution is -0.255. The fourth-order valence-electron chi connectivity index (χ4n) is 9.21. The van der Waals surface area contributed by atoms with E-state index < -0.39 is 29.4 Å². The van der Waals surface area contributed by atoms with Gasteiger partial charge in [-0.2, -0.15) is 0 Å². The summed E-state index contributed by atoms with van der Waals surface area (Å²) in [6.07, 6.45) is 9.18. The van der Waals surface area contributed by atoms with Gasteiger partial charge in [-0.05, 0) is 112 Å². The van der Waals surface area contributed by atoms with Gasteiger partial charge in [0.1, 0.15) is 35.5 Å². The average Bonchev–Trinajstić information content (AvgIpc) is 3.25. The van der Waals surface area contributed by atoms with Crippen LogP contribution in [0.4, 0.5) is 4.79 Å². The fraction of sp³-hybridized carbons (Fsp3) is 0.510. The molecule has 1 amide bonds. The minimum atomic E-state index is -1.38. The minimum absolute atomic E-state index is 0.0586. The third-order valence-corrected chi connectivity index (χ3v) is 11.8. The number of amides is 1. The summed E-state index contributed by atoms with van der Waals surface area (Å²) in [6.45, 7) is 12.8. The van der Waals surface area contributed by atoms with E-state index in [0.29, 0.717) is 43.1 Å². The summed E-state index contributed by atoms with van der Waals surface area (Å²) >= 11 is 6.03. The highest BCUT2D eigenvalue weighted by atomic mass is 35.5. The van der Waals surface area contributed by atoms with Gasteiger partial charge in [-0.3, -0.25) is 4.90 Å². The Balaban J connectivity index is 1.55. The number of nitrogens with zero attached hydrogens (tertiary/aromatic N) is 2. The molecule has 6 rings (SSSR count). The van der Waals surface area contributed by atoms with E-state index in [9.17, 15) is 15.0 Å². The Hall–Kier alpha value is -4.35. The molecule has 0 radical (unpaired) electrons. The van der Waals surface area contributed by atoms with Gasteiger partial charge in [0, 0.05) is 37.7 Å². The Morgan fingerprint density at radius 2 is 1.68 bits per heavy atom. The first kappa shape index (κ1) is 45.2.